The van der Waals surface area contributed by atoms with Gasteiger partial charge in [-0.15, -0.1) is 0 Å². The molecule has 1 fully saturated rings. The number of hydrogen-bond donors (Lipinski definition) is 1. The first-order chi connectivity index (χ1) is 11.3. The van der Waals surface area contributed by atoms with Crippen molar-refractivity contribution in [2.45, 2.75) is 40.7 Å². The van der Waals surface area contributed by atoms with Gasteiger partial charge in [0.2, 0.25) is 0 Å². The molecule has 0 saturated carbocycles. The van der Waals surface area contributed by atoms with E-state index in [1.165, 1.54) is 0 Å². The molecule has 2 aromatic rings. The Bertz CT molecular complexity index is 747. The largest absolute Gasteiger partial charge is 0.322 e. The smallest absolute Gasteiger partial charge is 0.316 e. The van der Waals surface area contributed by atoms with E-state index in [1.807, 2.05) is 50.1 Å². The molecule has 0 unspecified atom stereocenters. The summed E-state index contributed by atoms with van der Waals surface area (Å²) in [6.45, 7) is 11.0. The number of urea groups is 1. The third-order valence-electron chi connectivity index (χ3n) is 4.65. The van der Waals surface area contributed by atoms with E-state index < -0.39 is 0 Å². The molecule has 5 nitrogen and oxygen atoms in total. The van der Waals surface area contributed by atoms with E-state index in [0.717, 1.165) is 34.7 Å². The molecule has 1 N–H and O–H groups in total. The Morgan fingerprint density at radius 1 is 1.33 bits per heavy atom. The topological polar surface area (TPSA) is 58.1 Å². The van der Waals surface area contributed by atoms with Crippen molar-refractivity contribution in [3.63, 3.8) is 0 Å². The molecule has 2 aromatic heterocycles. The standard InChI is InChI=1S/C19H24N4O/c1-12-9-13(2)21-14(3)16(12)22-18(24)23-11-19(4,5)17(23)15-7-6-8-20-10-15/h6-10,17H,11H2,1-5H3,(H,22,24)/t17-/m0/s1. The highest BCUT2D eigenvalue weighted by Crippen LogP contribution is 2.48. The van der Waals surface area contributed by atoms with Gasteiger partial charge in [0.05, 0.1) is 17.4 Å². The van der Waals surface area contributed by atoms with Crippen LogP contribution in [0.25, 0.3) is 0 Å². The Morgan fingerprint density at radius 2 is 2.08 bits per heavy atom. The van der Waals surface area contributed by atoms with E-state index in [1.54, 1.807) is 6.20 Å². The summed E-state index contributed by atoms with van der Waals surface area (Å²) < 4.78 is 0. The summed E-state index contributed by atoms with van der Waals surface area (Å²) in [6, 6.07) is 5.88. The van der Waals surface area contributed by atoms with Gasteiger partial charge in [-0.2, -0.15) is 0 Å². The molecule has 1 aliphatic heterocycles. The van der Waals surface area contributed by atoms with Gasteiger partial charge in [0.1, 0.15) is 0 Å². The number of anilines is 1. The number of pyridine rings is 2. The van der Waals surface area contributed by atoms with Crippen LogP contribution in [-0.4, -0.2) is 27.4 Å². The van der Waals surface area contributed by atoms with Crippen molar-refractivity contribution in [3.05, 3.63) is 53.1 Å². The predicted octanol–water partition coefficient (Wildman–Crippen LogP) is 4.02. The maximum absolute atomic E-state index is 12.8. The number of hydrogen-bond acceptors (Lipinski definition) is 3. The molecular weight excluding hydrogens is 300 g/mol. The van der Waals surface area contributed by atoms with Crippen molar-refractivity contribution < 1.29 is 4.79 Å². The molecule has 1 atom stereocenters. The number of rotatable bonds is 2. The molecule has 0 radical (unpaired) electrons. The van der Waals surface area contributed by atoms with Gasteiger partial charge in [-0.25, -0.2) is 4.79 Å². The van der Waals surface area contributed by atoms with E-state index in [-0.39, 0.29) is 17.5 Å². The van der Waals surface area contributed by atoms with Crippen molar-refractivity contribution in [1.82, 2.24) is 14.9 Å². The first-order valence-electron chi connectivity index (χ1n) is 8.22. The quantitative estimate of drug-likeness (QED) is 0.908. The Kier molecular flexibility index (Phi) is 4.03. The monoisotopic (exact) mass is 324 g/mol. The molecule has 24 heavy (non-hydrogen) atoms. The molecule has 0 aromatic carbocycles. The van der Waals surface area contributed by atoms with Crippen LogP contribution in [0.1, 0.15) is 42.4 Å². The highest BCUT2D eigenvalue weighted by molar-refractivity contribution is 5.91. The minimum Gasteiger partial charge on any atom is -0.316 e. The number of likely N-dealkylation sites (tertiary alicyclic amines) is 1. The van der Waals surface area contributed by atoms with Crippen molar-refractivity contribution in [3.8, 4) is 0 Å². The minimum atomic E-state index is -0.0833. The molecule has 1 aliphatic rings. The Balaban J connectivity index is 1.83. The van der Waals surface area contributed by atoms with Gasteiger partial charge in [0, 0.05) is 30.0 Å². The number of nitrogens with zero attached hydrogens (tertiary/aromatic N) is 3. The highest BCUT2D eigenvalue weighted by Gasteiger charge is 2.49. The number of carbonyl (C=O) groups excluding carboxylic acids is 1. The van der Waals surface area contributed by atoms with Gasteiger partial charge in [0.15, 0.2) is 0 Å². The third-order valence-corrected chi connectivity index (χ3v) is 4.65. The zero-order chi connectivity index (χ0) is 17.5. The molecule has 0 aliphatic carbocycles. The summed E-state index contributed by atoms with van der Waals surface area (Å²) in [4.78, 5) is 23.3. The number of carbonyl (C=O) groups is 1. The van der Waals surface area contributed by atoms with E-state index in [0.29, 0.717) is 0 Å². The maximum Gasteiger partial charge on any atom is 0.322 e. The van der Waals surface area contributed by atoms with Crippen LogP contribution in [0.2, 0.25) is 0 Å². The van der Waals surface area contributed by atoms with Crippen molar-refractivity contribution in [1.29, 1.82) is 0 Å². The van der Waals surface area contributed by atoms with Crippen LogP contribution in [0, 0.1) is 26.2 Å². The van der Waals surface area contributed by atoms with Crippen LogP contribution in [0.5, 0.6) is 0 Å². The van der Waals surface area contributed by atoms with Crippen LogP contribution in [0.3, 0.4) is 0 Å². The van der Waals surface area contributed by atoms with E-state index in [2.05, 4.69) is 29.1 Å². The zero-order valence-electron chi connectivity index (χ0n) is 14.9. The van der Waals surface area contributed by atoms with Crippen LogP contribution in [0.15, 0.2) is 30.6 Å². The lowest BCUT2D eigenvalue weighted by Gasteiger charge is -2.54. The van der Waals surface area contributed by atoms with Crippen molar-refractivity contribution >= 4 is 11.7 Å². The normalized spacial score (nSPS) is 18.9. The highest BCUT2D eigenvalue weighted by atomic mass is 16.2. The van der Waals surface area contributed by atoms with E-state index in [4.69, 9.17) is 0 Å². The van der Waals surface area contributed by atoms with Gasteiger partial charge >= 0.3 is 6.03 Å². The molecule has 3 heterocycles. The molecular formula is C19H24N4O. The second kappa shape index (κ2) is 5.89. The number of nitrogens with one attached hydrogen (secondary N) is 1. The maximum atomic E-state index is 12.8. The Hall–Kier alpha value is -2.43. The van der Waals surface area contributed by atoms with Gasteiger partial charge in [-0.3, -0.25) is 9.97 Å². The van der Waals surface area contributed by atoms with Crippen LogP contribution in [-0.2, 0) is 0 Å². The first kappa shape index (κ1) is 16.4. The summed E-state index contributed by atoms with van der Waals surface area (Å²) in [7, 11) is 0. The van der Waals surface area contributed by atoms with Crippen LogP contribution >= 0.6 is 0 Å². The second-order valence-corrected chi connectivity index (χ2v) is 7.28. The molecule has 0 bridgehead atoms. The average Bonchev–Trinajstić information content (AvgIpc) is 2.49. The molecule has 3 rings (SSSR count). The lowest BCUT2D eigenvalue weighted by Crippen LogP contribution is -2.59. The molecule has 126 valence electrons. The van der Waals surface area contributed by atoms with Crippen LogP contribution in [0.4, 0.5) is 10.5 Å². The molecule has 2 amide bonds. The minimum absolute atomic E-state index is 0.0326. The number of aromatic nitrogens is 2. The lowest BCUT2D eigenvalue weighted by molar-refractivity contribution is -0.0117. The fourth-order valence-electron chi connectivity index (χ4n) is 3.68. The van der Waals surface area contributed by atoms with E-state index >= 15 is 0 Å². The fourth-order valence-corrected chi connectivity index (χ4v) is 3.68. The van der Waals surface area contributed by atoms with Gasteiger partial charge in [0.25, 0.3) is 0 Å². The average molecular weight is 324 g/mol. The van der Waals surface area contributed by atoms with Gasteiger partial charge in [-0.1, -0.05) is 19.9 Å². The van der Waals surface area contributed by atoms with Crippen molar-refractivity contribution in [2.75, 3.05) is 11.9 Å². The zero-order valence-corrected chi connectivity index (χ0v) is 14.9. The summed E-state index contributed by atoms with van der Waals surface area (Å²) in [5.74, 6) is 0. The van der Waals surface area contributed by atoms with E-state index in [9.17, 15) is 4.79 Å². The Labute approximate surface area is 143 Å². The summed E-state index contributed by atoms with van der Waals surface area (Å²) >= 11 is 0. The van der Waals surface area contributed by atoms with Crippen molar-refractivity contribution in [2.24, 2.45) is 5.41 Å². The third kappa shape index (κ3) is 2.86. The number of aryl methyl sites for hydroxylation is 3. The molecule has 5 heteroatoms. The molecule has 0 spiro atoms. The second-order valence-electron chi connectivity index (χ2n) is 7.28. The summed E-state index contributed by atoms with van der Waals surface area (Å²) in [6.07, 6.45) is 3.60. The predicted molar refractivity (Wildman–Crippen MR) is 94.9 cm³/mol. The first-order valence-corrected chi connectivity index (χ1v) is 8.22. The Morgan fingerprint density at radius 3 is 2.67 bits per heavy atom. The van der Waals surface area contributed by atoms with Crippen LogP contribution < -0.4 is 5.32 Å². The summed E-state index contributed by atoms with van der Waals surface area (Å²) in [5, 5.41) is 3.05. The van der Waals surface area contributed by atoms with Gasteiger partial charge in [-0.05, 0) is 44.0 Å². The van der Waals surface area contributed by atoms with Gasteiger partial charge < -0.3 is 10.2 Å². The fraction of sp³-hybridized carbons (Fsp3) is 0.421. The number of amides is 2. The summed E-state index contributed by atoms with van der Waals surface area (Å²) in [5.41, 5.74) is 4.75. The SMILES string of the molecule is Cc1cc(C)c(NC(=O)N2CC(C)(C)[C@@H]2c2cccnc2)c(C)n1. The lowest BCUT2D eigenvalue weighted by atomic mass is 9.72. The molecule has 1 saturated heterocycles.